The molecule has 0 fully saturated rings. The van der Waals surface area contributed by atoms with Gasteiger partial charge in [-0.05, 0) is 37.0 Å². The number of fused-ring (bicyclic) bond motifs is 1. The van der Waals surface area contributed by atoms with Crippen LogP contribution in [0.4, 0.5) is 5.82 Å². The number of aryl methyl sites for hydroxylation is 1. The van der Waals surface area contributed by atoms with Crippen molar-refractivity contribution >= 4 is 17.0 Å². The van der Waals surface area contributed by atoms with E-state index in [2.05, 4.69) is 34.0 Å². The van der Waals surface area contributed by atoms with Gasteiger partial charge in [0, 0.05) is 13.2 Å². The predicted molar refractivity (Wildman–Crippen MR) is 149 cm³/mol. The Morgan fingerprint density at radius 1 is 0.806 bits per heavy atom. The maximum absolute atomic E-state index is 5.94. The molecular formula is C30H46N5O. The molecule has 3 rings (SSSR count). The standard InChI is InChI=1S/C30H46N5O/c1-2-3-4-5-6-7-8-9-10-11-12-13-14-17-22-36-23-18-20-26-19-15-16-21-27(26)35-25-34-28-29(31)32-24-33-30(28)35/h15-16,21,24-25H,2-14,17-18,20,22-23H2,1H3,(H2,31,32,33). The Hall–Kier alpha value is -2.47. The van der Waals surface area contributed by atoms with Gasteiger partial charge in [-0.1, -0.05) is 103 Å². The van der Waals surface area contributed by atoms with Gasteiger partial charge in [0.2, 0.25) is 0 Å². The minimum atomic E-state index is 0.400. The van der Waals surface area contributed by atoms with Gasteiger partial charge >= 0.3 is 0 Å². The van der Waals surface area contributed by atoms with Crippen LogP contribution in [0.15, 0.2) is 30.9 Å². The van der Waals surface area contributed by atoms with Crippen LogP contribution in [0.25, 0.3) is 16.9 Å². The molecular weight excluding hydrogens is 446 g/mol. The molecule has 1 aromatic carbocycles. The summed E-state index contributed by atoms with van der Waals surface area (Å²) in [6.07, 6.45) is 24.5. The molecule has 3 aromatic rings. The second kappa shape index (κ2) is 17.1. The second-order valence-electron chi connectivity index (χ2n) is 9.89. The van der Waals surface area contributed by atoms with E-state index in [0.717, 1.165) is 43.0 Å². The lowest BCUT2D eigenvalue weighted by molar-refractivity contribution is 0.127. The van der Waals surface area contributed by atoms with E-state index in [1.54, 1.807) is 6.33 Å². The van der Waals surface area contributed by atoms with Crippen LogP contribution in [0.1, 0.15) is 109 Å². The molecule has 0 atom stereocenters. The lowest BCUT2D eigenvalue weighted by atomic mass is 10.0. The number of unbranched alkanes of at least 4 members (excludes halogenated alkanes) is 13. The van der Waals surface area contributed by atoms with Crippen LogP contribution in [0.2, 0.25) is 0 Å². The van der Waals surface area contributed by atoms with Gasteiger partial charge in [-0.25, -0.2) is 15.0 Å². The van der Waals surface area contributed by atoms with Gasteiger partial charge in [0.15, 0.2) is 17.0 Å². The van der Waals surface area contributed by atoms with Crippen molar-refractivity contribution in [3.8, 4) is 5.69 Å². The Balaban J connectivity index is 1.20. The molecule has 1 radical (unpaired) electrons. The van der Waals surface area contributed by atoms with Crippen molar-refractivity contribution in [2.45, 2.75) is 110 Å². The monoisotopic (exact) mass is 492 g/mol. The summed E-state index contributed by atoms with van der Waals surface area (Å²) in [7, 11) is 0. The van der Waals surface area contributed by atoms with Crippen molar-refractivity contribution in [3.05, 3.63) is 42.5 Å². The molecule has 6 heteroatoms. The van der Waals surface area contributed by atoms with E-state index in [0.29, 0.717) is 11.3 Å². The van der Waals surface area contributed by atoms with E-state index in [4.69, 9.17) is 10.5 Å². The van der Waals surface area contributed by atoms with Gasteiger partial charge < -0.3 is 10.5 Å². The quantitative estimate of drug-likeness (QED) is 0.164. The summed E-state index contributed by atoms with van der Waals surface area (Å²) in [5.41, 5.74) is 9.46. The van der Waals surface area contributed by atoms with Gasteiger partial charge in [0.1, 0.15) is 12.7 Å². The third-order valence-electron chi connectivity index (χ3n) is 6.90. The number of imidazole rings is 1. The fraction of sp³-hybridized carbons (Fsp3) is 0.633. The lowest BCUT2D eigenvalue weighted by Crippen LogP contribution is -2.03. The number of nitrogen functional groups attached to an aromatic ring is 1. The van der Waals surface area contributed by atoms with Gasteiger partial charge in [0.25, 0.3) is 0 Å². The van der Waals surface area contributed by atoms with E-state index in [1.165, 1.54) is 96.2 Å². The first kappa shape index (κ1) is 28.1. The molecule has 2 heterocycles. The molecule has 0 aliphatic carbocycles. The maximum Gasteiger partial charge on any atom is 0.170 e. The van der Waals surface area contributed by atoms with E-state index in [9.17, 15) is 0 Å². The summed E-state index contributed by atoms with van der Waals surface area (Å²) < 4.78 is 7.88. The molecule has 0 aliphatic heterocycles. The second-order valence-corrected chi connectivity index (χ2v) is 9.89. The molecule has 0 saturated carbocycles. The Bertz CT molecular complexity index is 986. The van der Waals surface area contributed by atoms with E-state index < -0.39 is 0 Å². The minimum Gasteiger partial charge on any atom is -0.382 e. The molecule has 0 aliphatic rings. The van der Waals surface area contributed by atoms with Gasteiger partial charge in [-0.3, -0.25) is 4.57 Å². The largest absolute Gasteiger partial charge is 0.382 e. The highest BCUT2D eigenvalue weighted by Gasteiger charge is 2.12. The van der Waals surface area contributed by atoms with Gasteiger partial charge in [-0.15, -0.1) is 0 Å². The number of nitrogens with zero attached hydrogens (tertiary/aromatic N) is 4. The first-order chi connectivity index (χ1) is 17.8. The summed E-state index contributed by atoms with van der Waals surface area (Å²) in [4.78, 5) is 12.8. The summed E-state index contributed by atoms with van der Waals surface area (Å²) in [5, 5.41) is 0. The first-order valence-corrected chi connectivity index (χ1v) is 14.3. The average molecular weight is 493 g/mol. The molecule has 0 saturated heterocycles. The third kappa shape index (κ3) is 9.53. The molecule has 197 valence electrons. The first-order valence-electron chi connectivity index (χ1n) is 14.3. The number of hydrogen-bond acceptors (Lipinski definition) is 5. The van der Waals surface area contributed by atoms with Crippen molar-refractivity contribution < 1.29 is 4.74 Å². The fourth-order valence-electron chi connectivity index (χ4n) is 4.77. The number of hydrogen-bond donors (Lipinski definition) is 1. The molecule has 6 nitrogen and oxygen atoms in total. The molecule has 0 spiro atoms. The molecule has 2 N–H and O–H groups in total. The lowest BCUT2D eigenvalue weighted by Gasteiger charge is -2.11. The number of aromatic nitrogens is 4. The Morgan fingerprint density at radius 2 is 1.44 bits per heavy atom. The topological polar surface area (TPSA) is 78.9 Å². The summed E-state index contributed by atoms with van der Waals surface area (Å²) in [6, 6.07) is 9.40. The summed E-state index contributed by atoms with van der Waals surface area (Å²) in [5.74, 6) is 0.400. The fourth-order valence-corrected chi connectivity index (χ4v) is 4.77. The minimum absolute atomic E-state index is 0.400. The highest BCUT2D eigenvalue weighted by atomic mass is 16.5. The smallest absolute Gasteiger partial charge is 0.170 e. The number of benzene rings is 1. The molecule has 0 bridgehead atoms. The summed E-state index contributed by atoms with van der Waals surface area (Å²) >= 11 is 0. The maximum atomic E-state index is 5.94. The van der Waals surface area contributed by atoms with E-state index in [1.807, 2.05) is 16.7 Å². The van der Waals surface area contributed by atoms with E-state index in [-0.39, 0.29) is 0 Å². The molecule has 0 amide bonds. The van der Waals surface area contributed by atoms with Crippen molar-refractivity contribution in [1.29, 1.82) is 0 Å². The van der Waals surface area contributed by atoms with Crippen molar-refractivity contribution in [2.75, 3.05) is 18.9 Å². The van der Waals surface area contributed by atoms with Crippen molar-refractivity contribution in [3.63, 3.8) is 0 Å². The van der Waals surface area contributed by atoms with Crippen LogP contribution in [-0.4, -0.2) is 32.7 Å². The normalized spacial score (nSPS) is 11.5. The number of ether oxygens (including phenoxy) is 1. The van der Waals surface area contributed by atoms with Gasteiger partial charge in [-0.2, -0.15) is 0 Å². The zero-order valence-corrected chi connectivity index (χ0v) is 22.4. The number of anilines is 1. The Morgan fingerprint density at radius 3 is 2.14 bits per heavy atom. The van der Waals surface area contributed by atoms with Crippen molar-refractivity contribution in [1.82, 2.24) is 19.5 Å². The van der Waals surface area contributed by atoms with E-state index >= 15 is 0 Å². The van der Waals surface area contributed by atoms with Crippen LogP contribution in [-0.2, 0) is 11.2 Å². The molecule has 36 heavy (non-hydrogen) atoms. The highest BCUT2D eigenvalue weighted by Crippen LogP contribution is 2.22. The third-order valence-corrected chi connectivity index (χ3v) is 6.90. The van der Waals surface area contributed by atoms with Crippen LogP contribution < -0.4 is 5.73 Å². The number of rotatable bonds is 20. The Kier molecular flexibility index (Phi) is 13.3. The average Bonchev–Trinajstić information content (AvgIpc) is 3.33. The predicted octanol–water partition coefficient (Wildman–Crippen LogP) is 7.63. The van der Waals surface area contributed by atoms with Crippen LogP contribution in [0, 0.1) is 6.07 Å². The van der Waals surface area contributed by atoms with Crippen LogP contribution in [0.3, 0.4) is 0 Å². The Labute approximate surface area is 218 Å². The van der Waals surface area contributed by atoms with Crippen molar-refractivity contribution in [2.24, 2.45) is 0 Å². The SMILES string of the molecule is CCCCCCCCCCCCCCCCOCCCc1[c]cccc1-n1cnc2c(N)ncnc21. The molecule has 0 unspecified atom stereocenters. The molecule has 2 aromatic heterocycles. The number of nitrogens with two attached hydrogens (primary N) is 1. The highest BCUT2D eigenvalue weighted by molar-refractivity contribution is 5.82. The van der Waals surface area contributed by atoms with Crippen LogP contribution in [0.5, 0.6) is 0 Å². The zero-order valence-electron chi connectivity index (χ0n) is 22.4. The summed E-state index contributed by atoms with van der Waals surface area (Å²) in [6.45, 7) is 3.93. The van der Waals surface area contributed by atoms with Gasteiger partial charge in [0.05, 0.1) is 5.69 Å². The van der Waals surface area contributed by atoms with Crippen LogP contribution >= 0.6 is 0 Å². The zero-order chi connectivity index (χ0) is 25.3.